The van der Waals surface area contributed by atoms with Gasteiger partial charge in [-0.15, -0.1) is 0 Å². The Hall–Kier alpha value is -2.01. The molecule has 1 aromatic carbocycles. The predicted molar refractivity (Wildman–Crippen MR) is 61.7 cm³/mol. The number of H-pyrrole nitrogens is 1. The lowest BCUT2D eigenvalue weighted by Gasteiger charge is -2.22. The number of hydrogen-bond donors (Lipinski definition) is 3. The summed E-state index contributed by atoms with van der Waals surface area (Å²) in [4.78, 5) is 13.8. The zero-order chi connectivity index (χ0) is 11.8. The van der Waals surface area contributed by atoms with Gasteiger partial charge in [0, 0.05) is 29.6 Å². The lowest BCUT2D eigenvalue weighted by molar-refractivity contribution is 0.0331. The quantitative estimate of drug-likeness (QED) is 0.656. The van der Waals surface area contributed by atoms with E-state index in [0.717, 1.165) is 22.2 Å². The van der Waals surface area contributed by atoms with Gasteiger partial charge >= 0.3 is 6.16 Å². The molecule has 0 aliphatic carbocycles. The van der Waals surface area contributed by atoms with Crippen molar-refractivity contribution in [3.8, 4) is 0 Å². The summed E-state index contributed by atoms with van der Waals surface area (Å²) >= 11 is 0. The molecule has 0 saturated heterocycles. The SMILES string of the molecule is O=C(O)OC1Cc2c([nH]c3ccccc23)CN1. The number of carbonyl (C=O) groups is 1. The number of rotatable bonds is 1. The Kier molecular flexibility index (Phi) is 2.26. The fourth-order valence-corrected chi connectivity index (χ4v) is 2.32. The first-order valence-corrected chi connectivity index (χ1v) is 5.45. The van der Waals surface area contributed by atoms with Gasteiger partial charge in [0.25, 0.3) is 0 Å². The average molecular weight is 232 g/mol. The van der Waals surface area contributed by atoms with Crippen molar-refractivity contribution in [1.29, 1.82) is 0 Å². The Morgan fingerprint density at radius 2 is 2.24 bits per heavy atom. The van der Waals surface area contributed by atoms with Crippen molar-refractivity contribution in [3.05, 3.63) is 35.5 Å². The molecule has 0 bridgehead atoms. The topological polar surface area (TPSA) is 74.3 Å². The van der Waals surface area contributed by atoms with Crippen molar-refractivity contribution in [2.24, 2.45) is 0 Å². The van der Waals surface area contributed by atoms with Gasteiger partial charge in [-0.1, -0.05) is 18.2 Å². The number of carboxylic acid groups (broad SMARTS) is 1. The second kappa shape index (κ2) is 3.78. The van der Waals surface area contributed by atoms with Gasteiger partial charge in [0.05, 0.1) is 0 Å². The van der Waals surface area contributed by atoms with Crippen LogP contribution in [0.15, 0.2) is 24.3 Å². The standard InChI is InChI=1S/C12H12N2O3/c15-12(16)17-11-5-8-7-3-1-2-4-9(7)14-10(8)6-13-11/h1-4,11,13-14H,5-6H2,(H,15,16). The summed E-state index contributed by atoms with van der Waals surface area (Å²) in [5, 5.41) is 12.8. The molecule has 1 aliphatic rings. The molecule has 0 radical (unpaired) electrons. The molecule has 1 atom stereocenters. The van der Waals surface area contributed by atoms with E-state index in [1.807, 2.05) is 24.3 Å². The molecule has 2 heterocycles. The van der Waals surface area contributed by atoms with Gasteiger partial charge in [-0.05, 0) is 11.6 Å². The Labute approximate surface area is 97.4 Å². The largest absolute Gasteiger partial charge is 0.507 e. The Bertz CT molecular complexity index is 576. The zero-order valence-corrected chi connectivity index (χ0v) is 9.06. The number of aromatic nitrogens is 1. The summed E-state index contributed by atoms with van der Waals surface area (Å²) < 4.78 is 4.76. The maximum absolute atomic E-state index is 10.5. The number of benzene rings is 1. The predicted octanol–water partition coefficient (Wildman–Crippen LogP) is 1.83. The fourth-order valence-electron chi connectivity index (χ4n) is 2.32. The van der Waals surface area contributed by atoms with Gasteiger partial charge < -0.3 is 14.8 Å². The van der Waals surface area contributed by atoms with Crippen molar-refractivity contribution in [2.45, 2.75) is 19.2 Å². The van der Waals surface area contributed by atoms with Crippen LogP contribution in [0.25, 0.3) is 10.9 Å². The molecule has 0 saturated carbocycles. The molecule has 3 rings (SSSR count). The first-order valence-electron chi connectivity index (χ1n) is 5.45. The van der Waals surface area contributed by atoms with Crippen molar-refractivity contribution in [2.75, 3.05) is 0 Å². The van der Waals surface area contributed by atoms with E-state index in [-0.39, 0.29) is 0 Å². The normalized spacial score (nSPS) is 18.9. The maximum Gasteiger partial charge on any atom is 0.507 e. The molecular weight excluding hydrogens is 220 g/mol. The van der Waals surface area contributed by atoms with Gasteiger partial charge in [-0.2, -0.15) is 0 Å². The summed E-state index contributed by atoms with van der Waals surface area (Å²) in [6, 6.07) is 8.00. The minimum absolute atomic E-state index is 0.459. The van der Waals surface area contributed by atoms with Crippen molar-refractivity contribution in [3.63, 3.8) is 0 Å². The summed E-state index contributed by atoms with van der Waals surface area (Å²) in [5.74, 6) is 0. The molecule has 0 spiro atoms. The number of para-hydroxylation sites is 1. The average Bonchev–Trinajstić information content (AvgIpc) is 2.66. The van der Waals surface area contributed by atoms with E-state index in [1.54, 1.807) is 0 Å². The summed E-state index contributed by atoms with van der Waals surface area (Å²) in [7, 11) is 0. The molecule has 2 aromatic rings. The van der Waals surface area contributed by atoms with Crippen LogP contribution in [0.1, 0.15) is 11.3 Å². The second-order valence-corrected chi connectivity index (χ2v) is 4.09. The highest BCUT2D eigenvalue weighted by Crippen LogP contribution is 2.26. The molecule has 1 aliphatic heterocycles. The van der Waals surface area contributed by atoms with Crippen molar-refractivity contribution < 1.29 is 14.6 Å². The van der Waals surface area contributed by atoms with Crippen molar-refractivity contribution in [1.82, 2.24) is 10.3 Å². The Balaban J connectivity index is 1.97. The molecule has 1 unspecified atom stereocenters. The van der Waals surface area contributed by atoms with E-state index < -0.39 is 12.4 Å². The molecule has 88 valence electrons. The highest BCUT2D eigenvalue weighted by Gasteiger charge is 2.24. The van der Waals surface area contributed by atoms with Gasteiger partial charge in [0.2, 0.25) is 0 Å². The summed E-state index contributed by atoms with van der Waals surface area (Å²) in [5.41, 5.74) is 3.33. The number of ether oxygens (including phenoxy) is 1. The van der Waals surface area contributed by atoms with Crippen LogP contribution in [0.4, 0.5) is 4.79 Å². The zero-order valence-electron chi connectivity index (χ0n) is 9.06. The van der Waals surface area contributed by atoms with Crippen LogP contribution in [0.3, 0.4) is 0 Å². The highest BCUT2D eigenvalue weighted by atomic mass is 16.7. The van der Waals surface area contributed by atoms with Crippen LogP contribution in [0, 0.1) is 0 Å². The van der Waals surface area contributed by atoms with Crippen LogP contribution in [0.2, 0.25) is 0 Å². The van der Waals surface area contributed by atoms with Gasteiger partial charge in [-0.25, -0.2) is 4.79 Å². The van der Waals surface area contributed by atoms with Crippen LogP contribution < -0.4 is 5.32 Å². The molecule has 3 N–H and O–H groups in total. The third-order valence-corrected chi connectivity index (χ3v) is 3.04. The summed E-state index contributed by atoms with van der Waals surface area (Å²) in [6.45, 7) is 0.599. The molecule has 1 aromatic heterocycles. The first-order chi connectivity index (χ1) is 8.24. The number of nitrogens with one attached hydrogen (secondary N) is 2. The minimum atomic E-state index is -1.24. The fraction of sp³-hybridized carbons (Fsp3) is 0.250. The van der Waals surface area contributed by atoms with Gasteiger partial charge in [0.15, 0.2) is 6.23 Å². The molecule has 0 amide bonds. The van der Waals surface area contributed by atoms with Crippen LogP contribution >= 0.6 is 0 Å². The van der Waals surface area contributed by atoms with E-state index in [0.29, 0.717) is 13.0 Å². The molecule has 5 nitrogen and oxygen atoms in total. The third kappa shape index (κ3) is 1.74. The third-order valence-electron chi connectivity index (χ3n) is 3.04. The van der Waals surface area contributed by atoms with Gasteiger partial charge in [0.1, 0.15) is 0 Å². The van der Waals surface area contributed by atoms with Crippen LogP contribution in [0.5, 0.6) is 0 Å². The van der Waals surface area contributed by atoms with Crippen LogP contribution in [-0.4, -0.2) is 22.5 Å². The van der Waals surface area contributed by atoms with E-state index in [9.17, 15) is 4.79 Å². The molecule has 5 heteroatoms. The van der Waals surface area contributed by atoms with E-state index in [4.69, 9.17) is 9.84 Å². The highest BCUT2D eigenvalue weighted by molar-refractivity contribution is 5.84. The van der Waals surface area contributed by atoms with E-state index in [1.165, 1.54) is 0 Å². The number of fused-ring (bicyclic) bond motifs is 3. The molecule has 0 fully saturated rings. The number of hydrogen-bond acceptors (Lipinski definition) is 3. The van der Waals surface area contributed by atoms with Crippen molar-refractivity contribution >= 4 is 17.1 Å². The Morgan fingerprint density at radius 1 is 1.41 bits per heavy atom. The second-order valence-electron chi connectivity index (χ2n) is 4.09. The smallest absolute Gasteiger partial charge is 0.450 e. The van der Waals surface area contributed by atoms with E-state index >= 15 is 0 Å². The molecule has 17 heavy (non-hydrogen) atoms. The first kappa shape index (κ1) is 10.2. The number of aromatic amines is 1. The summed E-state index contributed by atoms with van der Waals surface area (Å²) in [6.07, 6.45) is -1.14. The molecular formula is C12H12N2O3. The lowest BCUT2D eigenvalue weighted by Crippen LogP contribution is -2.38. The lowest BCUT2D eigenvalue weighted by atomic mass is 10.0. The van der Waals surface area contributed by atoms with Gasteiger partial charge in [-0.3, -0.25) is 5.32 Å². The Morgan fingerprint density at radius 3 is 3.06 bits per heavy atom. The van der Waals surface area contributed by atoms with E-state index in [2.05, 4.69) is 10.3 Å². The minimum Gasteiger partial charge on any atom is -0.450 e. The van der Waals surface area contributed by atoms with Crippen LogP contribution in [-0.2, 0) is 17.7 Å². The monoisotopic (exact) mass is 232 g/mol. The maximum atomic E-state index is 10.5.